The van der Waals surface area contributed by atoms with E-state index in [4.69, 9.17) is 9.47 Å². The van der Waals surface area contributed by atoms with Crippen molar-refractivity contribution in [2.75, 3.05) is 18.6 Å². The molecule has 0 unspecified atom stereocenters. The molecule has 1 fully saturated rings. The summed E-state index contributed by atoms with van der Waals surface area (Å²) in [6.45, 7) is 3.75. The van der Waals surface area contributed by atoms with Crippen LogP contribution in [0.2, 0.25) is 0 Å². The summed E-state index contributed by atoms with van der Waals surface area (Å²) >= 11 is 0. The van der Waals surface area contributed by atoms with Crippen molar-refractivity contribution in [3.05, 3.63) is 95.4 Å². The molecule has 0 bridgehead atoms. The number of nitrogens with zero attached hydrogens (tertiary/aromatic N) is 5. The van der Waals surface area contributed by atoms with E-state index in [0.29, 0.717) is 11.4 Å². The van der Waals surface area contributed by atoms with E-state index in [0.717, 1.165) is 5.69 Å². The van der Waals surface area contributed by atoms with Crippen molar-refractivity contribution >= 4 is 11.8 Å². The molecule has 2 aromatic heterocycles. The first kappa shape index (κ1) is 21.1. The SMILES string of the molecule is C=C1CN(c2ccc(-n3cc(OC)c(=O)c(-c4ccnn4-c4ccccc4)n3)c(F)c2)C(=O)O1. The summed E-state index contributed by atoms with van der Waals surface area (Å²) in [7, 11) is 1.35. The van der Waals surface area contributed by atoms with Crippen LogP contribution >= 0.6 is 0 Å². The number of anilines is 1. The molecule has 0 saturated carbocycles. The van der Waals surface area contributed by atoms with E-state index in [9.17, 15) is 9.59 Å². The molecule has 10 heteroatoms. The third kappa shape index (κ3) is 3.60. The molecule has 170 valence electrons. The van der Waals surface area contributed by atoms with Crippen molar-refractivity contribution in [1.82, 2.24) is 19.6 Å². The summed E-state index contributed by atoms with van der Waals surface area (Å²) in [6.07, 6.45) is 2.22. The molecule has 1 saturated heterocycles. The molecule has 3 heterocycles. The number of amides is 1. The second-order valence-corrected chi connectivity index (χ2v) is 7.41. The first-order valence-electron chi connectivity index (χ1n) is 10.2. The van der Waals surface area contributed by atoms with E-state index in [1.54, 1.807) is 23.0 Å². The number of para-hydroxylation sites is 1. The maximum Gasteiger partial charge on any atom is 0.419 e. The molecule has 5 rings (SSSR count). The van der Waals surface area contributed by atoms with Crippen molar-refractivity contribution < 1.29 is 18.7 Å². The third-order valence-corrected chi connectivity index (χ3v) is 5.27. The zero-order valence-corrected chi connectivity index (χ0v) is 18.0. The number of hydrogen-bond acceptors (Lipinski definition) is 6. The normalized spacial score (nSPS) is 13.3. The highest BCUT2D eigenvalue weighted by molar-refractivity contribution is 5.91. The van der Waals surface area contributed by atoms with Crippen molar-refractivity contribution in [2.45, 2.75) is 0 Å². The van der Waals surface area contributed by atoms with Crippen molar-refractivity contribution in [3.63, 3.8) is 0 Å². The Morgan fingerprint density at radius 1 is 1.09 bits per heavy atom. The van der Waals surface area contributed by atoms with Crippen LogP contribution in [-0.2, 0) is 4.74 Å². The molecule has 34 heavy (non-hydrogen) atoms. The van der Waals surface area contributed by atoms with Gasteiger partial charge in [-0.2, -0.15) is 10.2 Å². The number of hydrogen-bond donors (Lipinski definition) is 0. The molecular formula is C24H18FN5O4. The van der Waals surface area contributed by atoms with Gasteiger partial charge in [-0.05, 0) is 36.4 Å². The zero-order valence-electron chi connectivity index (χ0n) is 18.0. The van der Waals surface area contributed by atoms with Crippen molar-refractivity contribution in [1.29, 1.82) is 0 Å². The smallest absolute Gasteiger partial charge is 0.419 e. The Balaban J connectivity index is 1.61. The zero-order chi connectivity index (χ0) is 23.8. The van der Waals surface area contributed by atoms with Crippen LogP contribution < -0.4 is 15.1 Å². The highest BCUT2D eigenvalue weighted by Gasteiger charge is 2.28. The van der Waals surface area contributed by atoms with Gasteiger partial charge in [0.2, 0.25) is 0 Å². The van der Waals surface area contributed by atoms with Gasteiger partial charge in [0.05, 0.1) is 43.1 Å². The standard InChI is InChI=1S/C24H18FN5O4/c1-15-13-28(24(32)34-15)17-8-9-19(18(25)12-17)29-14-21(33-2)23(31)22(27-29)20-10-11-26-30(20)16-6-4-3-5-7-16/h3-12,14H,1,13H2,2H3. The molecule has 2 aromatic carbocycles. The average molecular weight is 459 g/mol. The van der Waals surface area contributed by atoms with Crippen LogP contribution in [-0.4, -0.2) is 39.3 Å². The molecular weight excluding hydrogens is 441 g/mol. The van der Waals surface area contributed by atoms with Crippen LogP contribution in [0.5, 0.6) is 5.75 Å². The predicted octanol–water partition coefficient (Wildman–Crippen LogP) is 3.70. The second kappa shape index (κ2) is 8.32. The van der Waals surface area contributed by atoms with Gasteiger partial charge in [0.25, 0.3) is 5.43 Å². The lowest BCUT2D eigenvalue weighted by Gasteiger charge is -2.15. The molecule has 1 amide bonds. The average Bonchev–Trinajstić information content (AvgIpc) is 3.46. The maximum absolute atomic E-state index is 15.2. The van der Waals surface area contributed by atoms with Crippen LogP contribution in [0.15, 0.2) is 84.1 Å². The minimum absolute atomic E-state index is 0.0197. The fourth-order valence-electron chi connectivity index (χ4n) is 3.66. The van der Waals surface area contributed by atoms with Crippen LogP contribution in [0.25, 0.3) is 22.8 Å². The Bertz CT molecular complexity index is 1480. The monoisotopic (exact) mass is 459 g/mol. The van der Waals surface area contributed by atoms with Gasteiger partial charge in [0, 0.05) is 0 Å². The van der Waals surface area contributed by atoms with E-state index in [1.165, 1.54) is 35.0 Å². The predicted molar refractivity (Wildman–Crippen MR) is 122 cm³/mol. The molecule has 0 N–H and O–H groups in total. The highest BCUT2D eigenvalue weighted by Crippen LogP contribution is 2.27. The second-order valence-electron chi connectivity index (χ2n) is 7.41. The number of aromatic nitrogens is 4. The number of ether oxygens (including phenoxy) is 2. The lowest BCUT2D eigenvalue weighted by Crippen LogP contribution is -2.23. The lowest BCUT2D eigenvalue weighted by molar-refractivity contribution is 0.199. The Kier molecular flexibility index (Phi) is 5.17. The molecule has 9 nitrogen and oxygen atoms in total. The number of methoxy groups -OCH3 is 1. The molecule has 0 atom stereocenters. The molecule has 4 aromatic rings. The molecule has 0 aliphatic carbocycles. The van der Waals surface area contributed by atoms with Crippen LogP contribution in [0.1, 0.15) is 0 Å². The Hall–Kier alpha value is -4.73. The lowest BCUT2D eigenvalue weighted by atomic mass is 10.2. The minimum Gasteiger partial charge on any atom is -0.491 e. The molecule has 1 aliphatic rings. The maximum atomic E-state index is 15.2. The van der Waals surface area contributed by atoms with E-state index >= 15 is 4.39 Å². The molecule has 0 radical (unpaired) electrons. The molecule has 1 aliphatic heterocycles. The summed E-state index contributed by atoms with van der Waals surface area (Å²) in [4.78, 5) is 26.2. The number of carbonyl (C=O) groups excluding carboxylic acids is 1. The highest BCUT2D eigenvalue weighted by atomic mass is 19.1. The molecule has 0 spiro atoms. The first-order chi connectivity index (χ1) is 16.5. The van der Waals surface area contributed by atoms with Gasteiger partial charge in [0.15, 0.2) is 17.3 Å². The van der Waals surface area contributed by atoms with E-state index in [-0.39, 0.29) is 29.4 Å². The van der Waals surface area contributed by atoms with Gasteiger partial charge in [-0.3, -0.25) is 9.69 Å². The van der Waals surface area contributed by atoms with Crippen LogP contribution in [0, 0.1) is 5.82 Å². The summed E-state index contributed by atoms with van der Waals surface area (Å²) in [5.74, 6) is -0.404. The largest absolute Gasteiger partial charge is 0.491 e. The number of carbonyl (C=O) groups is 1. The van der Waals surface area contributed by atoms with Gasteiger partial charge in [-0.1, -0.05) is 24.8 Å². The number of cyclic esters (lactones) is 1. The first-order valence-corrected chi connectivity index (χ1v) is 10.2. The van der Waals surface area contributed by atoms with Gasteiger partial charge in [-0.15, -0.1) is 0 Å². The Morgan fingerprint density at radius 2 is 1.88 bits per heavy atom. The van der Waals surface area contributed by atoms with Crippen molar-refractivity contribution in [2.24, 2.45) is 0 Å². The van der Waals surface area contributed by atoms with Gasteiger partial charge >= 0.3 is 6.09 Å². The number of halogens is 1. The van der Waals surface area contributed by atoms with Gasteiger partial charge in [-0.25, -0.2) is 18.5 Å². The Morgan fingerprint density at radius 3 is 2.56 bits per heavy atom. The summed E-state index contributed by atoms with van der Waals surface area (Å²) in [5, 5.41) is 8.70. The quantitative estimate of drug-likeness (QED) is 0.452. The summed E-state index contributed by atoms with van der Waals surface area (Å²) in [6, 6.07) is 15.1. The third-order valence-electron chi connectivity index (χ3n) is 5.27. The van der Waals surface area contributed by atoms with Gasteiger partial charge < -0.3 is 9.47 Å². The van der Waals surface area contributed by atoms with Crippen LogP contribution in [0.3, 0.4) is 0 Å². The van der Waals surface area contributed by atoms with E-state index in [1.807, 2.05) is 30.3 Å². The fraction of sp³-hybridized carbons (Fsp3) is 0.0833. The summed E-state index contributed by atoms with van der Waals surface area (Å²) < 4.78 is 28.1. The van der Waals surface area contributed by atoms with Crippen LogP contribution in [0.4, 0.5) is 14.9 Å². The Labute approximate surface area is 192 Å². The fourth-order valence-corrected chi connectivity index (χ4v) is 3.66. The minimum atomic E-state index is -0.663. The summed E-state index contributed by atoms with van der Waals surface area (Å²) in [5.41, 5.74) is 1.07. The van der Waals surface area contributed by atoms with E-state index in [2.05, 4.69) is 16.8 Å². The number of benzene rings is 2. The van der Waals surface area contributed by atoms with E-state index < -0.39 is 17.3 Å². The number of rotatable bonds is 5. The van der Waals surface area contributed by atoms with Crippen molar-refractivity contribution in [3.8, 4) is 28.5 Å². The topological polar surface area (TPSA) is 91.5 Å². The van der Waals surface area contributed by atoms with Gasteiger partial charge in [0.1, 0.15) is 11.4 Å².